The molecule has 0 radical (unpaired) electrons. The maximum Gasteiger partial charge on any atom is 0.407 e. The van der Waals surface area contributed by atoms with Crippen LogP contribution in [0.3, 0.4) is 0 Å². The highest BCUT2D eigenvalue weighted by Gasteiger charge is 2.76. The number of benzene rings is 2. The molecule has 0 bridgehead atoms. The van der Waals surface area contributed by atoms with Gasteiger partial charge >= 0.3 is 12.1 Å². The topological polar surface area (TPSA) is 291 Å². The highest BCUT2D eigenvalue weighted by Crippen LogP contribution is 2.70. The zero-order valence-electron chi connectivity index (χ0n) is 39.3. The smallest absolute Gasteiger partial charge is 0.407 e. The number of hydrogen-bond donors (Lipinski definition) is 8. The molecule has 5 fully saturated rings. The van der Waals surface area contributed by atoms with Crippen LogP contribution in [-0.4, -0.2) is 112 Å². The molecule has 1 aliphatic heterocycles. The number of hydrogen-bond acceptors (Lipinski definition) is 14. The molecule has 1 saturated heterocycles. The van der Waals surface area contributed by atoms with E-state index >= 15 is 0 Å². The van der Waals surface area contributed by atoms with Gasteiger partial charge in [-0.1, -0.05) is 61.9 Å². The molecule has 19 nitrogen and oxygen atoms in total. The molecule has 0 aromatic heterocycles. The Morgan fingerprint density at radius 3 is 2.35 bits per heavy atom. The summed E-state index contributed by atoms with van der Waals surface area (Å²) in [5.41, 5.74) is -1.42. The van der Waals surface area contributed by atoms with Crippen LogP contribution in [0.5, 0.6) is 0 Å². The van der Waals surface area contributed by atoms with Gasteiger partial charge in [0, 0.05) is 47.3 Å². The number of carbonyl (C=O) groups is 7. The number of nitrogens with one attached hydrogen (secondary N) is 4. The van der Waals surface area contributed by atoms with Gasteiger partial charge in [-0.2, -0.15) is 0 Å². The Kier molecular flexibility index (Phi) is 14.4. The van der Waals surface area contributed by atoms with E-state index in [2.05, 4.69) is 33.0 Å². The average Bonchev–Trinajstić information content (AvgIpc) is 3.81. The van der Waals surface area contributed by atoms with E-state index in [1.807, 2.05) is 13.0 Å². The van der Waals surface area contributed by atoms with Gasteiger partial charge in [0.25, 0.3) is 5.92 Å². The van der Waals surface area contributed by atoms with Gasteiger partial charge in [-0.3, -0.25) is 33.6 Å². The summed E-state index contributed by atoms with van der Waals surface area (Å²) in [6, 6.07) is 11.6. The van der Waals surface area contributed by atoms with Crippen LogP contribution in [0.4, 0.5) is 19.3 Å². The van der Waals surface area contributed by atoms with Gasteiger partial charge in [0.2, 0.25) is 17.7 Å². The largest absolute Gasteiger partial charge is 0.481 e. The van der Waals surface area contributed by atoms with Crippen molar-refractivity contribution in [2.45, 2.75) is 120 Å². The Bertz CT molecular complexity index is 2500. The van der Waals surface area contributed by atoms with Crippen LogP contribution in [0.15, 0.2) is 72.3 Å². The first-order valence-corrected chi connectivity index (χ1v) is 23.6. The molecule has 6 aliphatic rings. The number of alkyl carbamates (subject to hydrolysis) is 1. The molecular formula is C50H59F2N5O14. The number of carbonyl (C=O) groups excluding carboxylic acids is 6. The predicted molar refractivity (Wildman–Crippen MR) is 244 cm³/mol. The SMILES string of the molecule is C[C@]12C=CC(=O)C=C1CC[C@@H]1[C@@H]2[C@@H](O)C[C@@]2(C)[C@H]1C[C@H]1O[C@@H](c3ccc(CC4(NC(=O)OCc5ccc(NC(=O)[C@H](CCC(=O)O)NC(=O)CNC(=O)CON)cc5)CC(F)(F)C4)cc3)O[C@]12C(=O)CO. The van der Waals surface area contributed by atoms with E-state index in [0.717, 1.165) is 12.0 Å². The number of nitrogens with two attached hydrogens (primary N) is 1. The van der Waals surface area contributed by atoms with E-state index in [1.165, 1.54) is 24.3 Å². The fraction of sp³-hybridized carbons (Fsp3) is 0.540. The summed E-state index contributed by atoms with van der Waals surface area (Å²) in [5, 5.41) is 41.3. The molecule has 71 heavy (non-hydrogen) atoms. The molecule has 0 spiro atoms. The zero-order chi connectivity index (χ0) is 51.1. The highest BCUT2D eigenvalue weighted by atomic mass is 19.3. The fourth-order valence-electron chi connectivity index (χ4n) is 12.6. The number of alkyl halides is 2. The van der Waals surface area contributed by atoms with Crippen molar-refractivity contribution in [1.29, 1.82) is 0 Å². The molecule has 0 unspecified atom stereocenters. The van der Waals surface area contributed by atoms with Crippen LogP contribution < -0.4 is 27.2 Å². The maximum atomic E-state index is 14.5. The monoisotopic (exact) mass is 991 g/mol. The van der Waals surface area contributed by atoms with E-state index in [1.54, 1.807) is 36.4 Å². The lowest BCUT2D eigenvalue weighted by molar-refractivity contribution is -0.201. The van der Waals surface area contributed by atoms with Gasteiger partial charge in [0.15, 0.2) is 23.5 Å². The van der Waals surface area contributed by atoms with Crippen molar-refractivity contribution in [3.63, 3.8) is 0 Å². The summed E-state index contributed by atoms with van der Waals surface area (Å²) in [4.78, 5) is 91.7. The van der Waals surface area contributed by atoms with Gasteiger partial charge in [-0.25, -0.2) is 19.5 Å². The van der Waals surface area contributed by atoms with Gasteiger partial charge in [-0.05, 0) is 85.8 Å². The third kappa shape index (κ3) is 10.1. The second kappa shape index (κ2) is 19.9. The van der Waals surface area contributed by atoms with Crippen LogP contribution in [0.2, 0.25) is 0 Å². The number of halogens is 2. The van der Waals surface area contributed by atoms with Crippen molar-refractivity contribution in [1.82, 2.24) is 16.0 Å². The number of rotatable bonds is 18. The van der Waals surface area contributed by atoms with Crippen molar-refractivity contribution in [2.24, 2.45) is 34.5 Å². The Balaban J connectivity index is 0.871. The molecule has 21 heteroatoms. The minimum atomic E-state index is -3.03. The molecule has 8 rings (SSSR count). The summed E-state index contributed by atoms with van der Waals surface area (Å²) < 4.78 is 47.7. The number of carboxylic acids is 1. The normalized spacial score (nSPS) is 31.0. The second-order valence-corrected chi connectivity index (χ2v) is 20.3. The van der Waals surface area contributed by atoms with E-state index in [-0.39, 0.29) is 55.1 Å². The van der Waals surface area contributed by atoms with Gasteiger partial charge < -0.3 is 50.8 Å². The number of allylic oxidation sites excluding steroid dienone is 4. The quantitative estimate of drug-likeness (QED) is 0.0996. The average molecular weight is 992 g/mol. The zero-order valence-corrected chi connectivity index (χ0v) is 39.3. The minimum absolute atomic E-state index is 0.00924. The summed E-state index contributed by atoms with van der Waals surface area (Å²) in [5.74, 6) is -2.48. The second-order valence-electron chi connectivity index (χ2n) is 20.3. The maximum absolute atomic E-state index is 14.5. The van der Waals surface area contributed by atoms with Crippen LogP contribution >= 0.6 is 0 Å². The first kappa shape index (κ1) is 51.4. The lowest BCUT2D eigenvalue weighted by atomic mass is 9.46. The van der Waals surface area contributed by atoms with Crippen molar-refractivity contribution in [2.75, 3.05) is 25.1 Å². The standard InChI is InChI=1S/C50H59F2N5O14/c1-46-16-15-32(59)17-30(46)9-12-33-34-18-38-50(37(61)22-58,47(34,2)20-36(60)42(33)46)71-44(70-38)29-7-3-27(4-8-29)19-48(25-49(51,52)26-48)57-45(67)68-23-28-5-10-31(11-6-28)55-43(66)35(13-14-41(64)65)56-39(62)21-54-40(63)24-69-53/h3-8,10-11,15-17,33-36,38,42,44,58,60H,9,12-14,18-26,53H2,1-2H3,(H,54,63)(H,55,66)(H,56,62)(H,57,67)(H,64,65)/t33-,34-,35-,36-,38+,42+,44+,46-,47-,50+/m0/s1. The molecule has 10 atom stereocenters. The Morgan fingerprint density at radius 1 is 0.986 bits per heavy atom. The fourth-order valence-corrected chi connectivity index (χ4v) is 12.6. The number of aliphatic carboxylic acids is 1. The number of aliphatic hydroxyl groups is 2. The van der Waals surface area contributed by atoms with Crippen LogP contribution in [0.1, 0.15) is 88.2 Å². The molecule has 382 valence electrons. The number of ketones is 2. The van der Waals surface area contributed by atoms with Crippen molar-refractivity contribution < 1.29 is 76.7 Å². The summed E-state index contributed by atoms with van der Waals surface area (Å²) in [7, 11) is 0. The predicted octanol–water partition coefficient (Wildman–Crippen LogP) is 3.22. The molecular weight excluding hydrogens is 933 g/mol. The van der Waals surface area contributed by atoms with Gasteiger partial charge in [0.05, 0.1) is 24.3 Å². The number of anilines is 1. The number of aliphatic hydroxyl groups excluding tert-OH is 2. The number of ether oxygens (including phenoxy) is 3. The minimum Gasteiger partial charge on any atom is -0.481 e. The van der Waals surface area contributed by atoms with Crippen molar-refractivity contribution >= 4 is 47.0 Å². The summed E-state index contributed by atoms with van der Waals surface area (Å²) in [6.45, 7) is 1.93. The lowest BCUT2D eigenvalue weighted by Gasteiger charge is -2.59. The van der Waals surface area contributed by atoms with Crippen LogP contribution in [0.25, 0.3) is 0 Å². The molecule has 4 saturated carbocycles. The molecule has 2 aromatic rings. The van der Waals surface area contributed by atoms with Crippen molar-refractivity contribution in [3.8, 4) is 0 Å². The molecule has 1 heterocycles. The first-order valence-electron chi connectivity index (χ1n) is 23.6. The number of carboxylic acid groups (broad SMARTS) is 1. The van der Waals surface area contributed by atoms with E-state index in [4.69, 9.17) is 25.2 Å². The Hall–Kier alpha value is -5.97. The number of fused-ring (bicyclic) bond motifs is 7. The summed E-state index contributed by atoms with van der Waals surface area (Å²) >= 11 is 0. The van der Waals surface area contributed by atoms with Gasteiger partial charge in [0.1, 0.15) is 25.9 Å². The highest BCUT2D eigenvalue weighted by molar-refractivity contribution is 6.01. The number of amides is 4. The third-order valence-corrected chi connectivity index (χ3v) is 15.7. The summed E-state index contributed by atoms with van der Waals surface area (Å²) in [6.07, 6.45) is 1.77. The third-order valence-electron chi connectivity index (χ3n) is 15.7. The molecule has 2 aromatic carbocycles. The molecule has 4 amide bonds. The number of Topliss-reactive ketones (excluding diaryl/α,β-unsaturated/α-hetero) is 1. The lowest BCUT2D eigenvalue weighted by Crippen LogP contribution is -2.63. The van der Waals surface area contributed by atoms with E-state index in [9.17, 15) is 52.6 Å². The molecule has 9 N–H and O–H groups in total. The van der Waals surface area contributed by atoms with Crippen LogP contribution in [-0.2, 0) is 60.8 Å². The van der Waals surface area contributed by atoms with Crippen LogP contribution in [0, 0.1) is 28.6 Å². The Morgan fingerprint density at radius 2 is 1.69 bits per heavy atom. The van der Waals surface area contributed by atoms with Gasteiger partial charge in [-0.15, -0.1) is 0 Å². The Labute approximate surface area is 407 Å². The molecule has 5 aliphatic carbocycles. The first-order chi connectivity index (χ1) is 33.6. The van der Waals surface area contributed by atoms with E-state index in [0.29, 0.717) is 29.5 Å². The van der Waals surface area contributed by atoms with Crippen molar-refractivity contribution in [3.05, 3.63) is 89.0 Å². The van der Waals surface area contributed by atoms with E-state index < -0.39 is 127 Å².